The highest BCUT2D eigenvalue weighted by Gasteiger charge is 2.26. The van der Waals surface area contributed by atoms with E-state index in [2.05, 4.69) is 10.6 Å². The molecule has 0 unspecified atom stereocenters. The van der Waals surface area contributed by atoms with E-state index < -0.39 is 10.0 Å². The van der Waals surface area contributed by atoms with Gasteiger partial charge in [0, 0.05) is 39.3 Å². The van der Waals surface area contributed by atoms with Crippen LogP contribution in [0.2, 0.25) is 0 Å². The molecule has 0 bridgehead atoms. The van der Waals surface area contributed by atoms with E-state index in [1.54, 1.807) is 12.1 Å². The quantitative estimate of drug-likeness (QED) is 0.843. The number of amides is 1. The van der Waals surface area contributed by atoms with Crippen LogP contribution in [0.3, 0.4) is 0 Å². The third kappa shape index (κ3) is 3.36. The minimum Gasteiger partial charge on any atom is -0.385 e. The van der Waals surface area contributed by atoms with Gasteiger partial charge in [-0.25, -0.2) is 12.7 Å². The van der Waals surface area contributed by atoms with E-state index in [4.69, 9.17) is 0 Å². The maximum Gasteiger partial charge on any atom is 0.243 e. The number of rotatable bonds is 5. The fraction of sp³-hybridized carbons (Fsp3) is 0.500. The van der Waals surface area contributed by atoms with Crippen LogP contribution in [0.5, 0.6) is 0 Å². The molecule has 0 atom stereocenters. The fourth-order valence-corrected chi connectivity index (χ4v) is 3.83. The van der Waals surface area contributed by atoms with E-state index in [0.717, 1.165) is 30.6 Å². The predicted octanol–water partition coefficient (Wildman–Crippen LogP) is 0.801. The Morgan fingerprint density at radius 3 is 2.90 bits per heavy atom. The van der Waals surface area contributed by atoms with Crippen LogP contribution in [0.1, 0.15) is 18.4 Å². The molecule has 0 saturated heterocycles. The zero-order valence-electron chi connectivity index (χ0n) is 12.3. The lowest BCUT2D eigenvalue weighted by Crippen LogP contribution is -2.32. The Labute approximate surface area is 125 Å². The molecule has 2 N–H and O–H groups in total. The molecule has 7 heteroatoms. The number of nitrogens with one attached hydrogen (secondary N) is 2. The van der Waals surface area contributed by atoms with Gasteiger partial charge in [-0.1, -0.05) is 6.07 Å². The highest BCUT2D eigenvalue weighted by Crippen LogP contribution is 2.29. The molecular formula is C14H21N3O3S. The van der Waals surface area contributed by atoms with E-state index in [0.29, 0.717) is 4.90 Å². The molecule has 1 amide bonds. The molecule has 1 aliphatic heterocycles. The summed E-state index contributed by atoms with van der Waals surface area (Å²) in [6.07, 6.45) is 1.82. The molecule has 1 heterocycles. The third-order valence-corrected chi connectivity index (χ3v) is 5.61. The minimum absolute atomic E-state index is 0.152. The summed E-state index contributed by atoms with van der Waals surface area (Å²) in [4.78, 5) is 11.6. The smallest absolute Gasteiger partial charge is 0.243 e. The van der Waals surface area contributed by atoms with E-state index >= 15 is 0 Å². The average molecular weight is 311 g/mol. The summed E-state index contributed by atoms with van der Waals surface area (Å²) in [7, 11) is -0.525. The van der Waals surface area contributed by atoms with Crippen molar-refractivity contribution in [1.82, 2.24) is 9.62 Å². The Morgan fingerprint density at radius 2 is 2.19 bits per heavy atom. The van der Waals surface area contributed by atoms with Crippen molar-refractivity contribution >= 4 is 21.6 Å². The molecule has 0 spiro atoms. The van der Waals surface area contributed by atoms with Gasteiger partial charge in [-0.3, -0.25) is 4.79 Å². The van der Waals surface area contributed by atoms with Gasteiger partial charge in [-0.05, 0) is 30.5 Å². The van der Waals surface area contributed by atoms with Crippen LogP contribution < -0.4 is 10.6 Å². The normalized spacial score (nSPS) is 14.4. The first-order valence-corrected chi connectivity index (χ1v) is 8.43. The number of sulfonamides is 1. The fourth-order valence-electron chi connectivity index (χ4n) is 2.39. The second-order valence-electron chi connectivity index (χ2n) is 5.06. The number of fused-ring (bicyclic) bond motifs is 1. The van der Waals surface area contributed by atoms with Gasteiger partial charge in [0.15, 0.2) is 0 Å². The van der Waals surface area contributed by atoms with Crippen LogP contribution >= 0.6 is 0 Å². The monoisotopic (exact) mass is 311 g/mol. The number of benzene rings is 1. The SMILES string of the molecule is CNC(=O)CCN(C)S(=O)(=O)c1cccc2c1CCCN2. The lowest BCUT2D eigenvalue weighted by Gasteiger charge is -2.23. The van der Waals surface area contributed by atoms with Gasteiger partial charge >= 0.3 is 0 Å². The van der Waals surface area contributed by atoms with Gasteiger partial charge in [-0.15, -0.1) is 0 Å². The number of carbonyl (C=O) groups excluding carboxylic acids is 1. The van der Waals surface area contributed by atoms with Crippen LogP contribution in [-0.2, 0) is 21.2 Å². The van der Waals surface area contributed by atoms with Gasteiger partial charge in [0.2, 0.25) is 15.9 Å². The van der Waals surface area contributed by atoms with Gasteiger partial charge in [-0.2, -0.15) is 0 Å². The van der Waals surface area contributed by atoms with Crippen LogP contribution in [0.4, 0.5) is 5.69 Å². The molecule has 6 nitrogen and oxygen atoms in total. The lowest BCUT2D eigenvalue weighted by molar-refractivity contribution is -0.120. The highest BCUT2D eigenvalue weighted by atomic mass is 32.2. The molecule has 0 aromatic heterocycles. The first kappa shape index (κ1) is 15.8. The van der Waals surface area contributed by atoms with Crippen molar-refractivity contribution in [2.45, 2.75) is 24.2 Å². The van der Waals surface area contributed by atoms with E-state index in [1.165, 1.54) is 18.4 Å². The second-order valence-corrected chi connectivity index (χ2v) is 7.08. The van der Waals surface area contributed by atoms with E-state index in [9.17, 15) is 13.2 Å². The summed E-state index contributed by atoms with van der Waals surface area (Å²) < 4.78 is 26.6. The Bertz CT molecular complexity index is 628. The Hall–Kier alpha value is -1.60. The van der Waals surface area contributed by atoms with Crippen molar-refractivity contribution in [1.29, 1.82) is 0 Å². The first-order chi connectivity index (χ1) is 9.96. The molecule has 116 valence electrons. The van der Waals surface area contributed by atoms with Crippen molar-refractivity contribution in [2.24, 2.45) is 0 Å². The average Bonchev–Trinajstić information content (AvgIpc) is 2.51. The van der Waals surface area contributed by atoms with Crippen LogP contribution in [-0.4, -0.2) is 45.8 Å². The largest absolute Gasteiger partial charge is 0.385 e. The van der Waals surface area contributed by atoms with E-state index in [1.807, 2.05) is 6.07 Å². The Morgan fingerprint density at radius 1 is 1.43 bits per heavy atom. The molecule has 2 rings (SSSR count). The molecule has 1 aromatic rings. The maximum absolute atomic E-state index is 12.7. The summed E-state index contributed by atoms with van der Waals surface area (Å²) in [5.41, 5.74) is 1.73. The summed E-state index contributed by atoms with van der Waals surface area (Å²) in [6.45, 7) is 1.03. The number of anilines is 1. The van der Waals surface area contributed by atoms with Crippen molar-refractivity contribution in [3.8, 4) is 0 Å². The highest BCUT2D eigenvalue weighted by molar-refractivity contribution is 7.89. The second kappa shape index (κ2) is 6.44. The van der Waals surface area contributed by atoms with Crippen molar-refractivity contribution in [3.05, 3.63) is 23.8 Å². The first-order valence-electron chi connectivity index (χ1n) is 6.99. The topological polar surface area (TPSA) is 78.5 Å². The van der Waals surface area contributed by atoms with Gasteiger partial charge in [0.1, 0.15) is 0 Å². The molecule has 0 fully saturated rings. The number of carbonyl (C=O) groups is 1. The molecule has 0 saturated carbocycles. The van der Waals surface area contributed by atoms with Crippen molar-refractivity contribution in [2.75, 3.05) is 32.5 Å². The molecule has 1 aromatic carbocycles. The van der Waals surface area contributed by atoms with Gasteiger partial charge < -0.3 is 10.6 Å². The summed E-state index contributed by atoms with van der Waals surface area (Å²) in [5, 5.41) is 5.72. The summed E-state index contributed by atoms with van der Waals surface area (Å²) in [6, 6.07) is 5.28. The molecule has 21 heavy (non-hydrogen) atoms. The minimum atomic E-state index is -3.57. The zero-order valence-corrected chi connectivity index (χ0v) is 13.2. The van der Waals surface area contributed by atoms with Crippen LogP contribution in [0.15, 0.2) is 23.1 Å². The van der Waals surface area contributed by atoms with Crippen molar-refractivity contribution in [3.63, 3.8) is 0 Å². The summed E-state index contributed by atoms with van der Waals surface area (Å²) >= 11 is 0. The maximum atomic E-state index is 12.7. The standard InChI is InChI=1S/C14H21N3O3S/c1-15-14(18)8-10-17(2)21(19,20)13-7-3-6-12-11(13)5-4-9-16-12/h3,6-7,16H,4-5,8-10H2,1-2H3,(H,15,18). The molecule has 0 radical (unpaired) electrons. The van der Waals surface area contributed by atoms with Crippen LogP contribution in [0, 0.1) is 0 Å². The Balaban J connectivity index is 2.25. The van der Waals surface area contributed by atoms with Crippen molar-refractivity contribution < 1.29 is 13.2 Å². The lowest BCUT2D eigenvalue weighted by atomic mass is 10.0. The Kier molecular flexibility index (Phi) is 4.84. The van der Waals surface area contributed by atoms with E-state index in [-0.39, 0.29) is 18.9 Å². The zero-order chi connectivity index (χ0) is 15.5. The number of hydrogen-bond acceptors (Lipinski definition) is 4. The molecular weight excluding hydrogens is 290 g/mol. The van der Waals surface area contributed by atoms with Crippen LogP contribution in [0.25, 0.3) is 0 Å². The predicted molar refractivity (Wildman–Crippen MR) is 81.8 cm³/mol. The molecule has 1 aliphatic rings. The summed E-state index contributed by atoms with van der Waals surface area (Å²) in [5.74, 6) is -0.172. The van der Waals surface area contributed by atoms with Gasteiger partial charge in [0.05, 0.1) is 4.90 Å². The number of nitrogens with zero attached hydrogens (tertiary/aromatic N) is 1. The third-order valence-electron chi connectivity index (χ3n) is 3.67. The van der Waals surface area contributed by atoms with Gasteiger partial charge in [0.25, 0.3) is 0 Å². The molecule has 0 aliphatic carbocycles. The number of hydrogen-bond donors (Lipinski definition) is 2.